The number of carbonyl (C=O) groups is 4. The van der Waals surface area contributed by atoms with Crippen LogP contribution < -0.4 is 24.8 Å². The first-order chi connectivity index (χ1) is 32.0. The lowest BCUT2D eigenvalue weighted by Gasteiger charge is -2.35. The molecule has 352 valence electrons. The van der Waals surface area contributed by atoms with E-state index in [1.165, 1.54) is 33.7 Å². The van der Waals surface area contributed by atoms with E-state index in [2.05, 4.69) is 21.9 Å². The van der Waals surface area contributed by atoms with Gasteiger partial charge in [0, 0.05) is 47.9 Å². The molecule has 4 aliphatic rings. The zero-order chi connectivity index (χ0) is 47.4. The Hall–Kier alpha value is -6.20. The number of nitrogens with one attached hydrogen (secondary N) is 3. The van der Waals surface area contributed by atoms with Gasteiger partial charge in [0.05, 0.1) is 53.1 Å². The molecule has 2 aliphatic carbocycles. The largest absolute Gasteiger partial charge is 0.497 e. The highest BCUT2D eigenvalue weighted by molar-refractivity contribution is 7.91. The summed E-state index contributed by atoms with van der Waals surface area (Å²) in [5, 5.41) is 6.31. The molecule has 67 heavy (non-hydrogen) atoms. The van der Waals surface area contributed by atoms with Gasteiger partial charge in [-0.25, -0.2) is 22.8 Å². The first-order valence-electron chi connectivity index (χ1n) is 23.0. The van der Waals surface area contributed by atoms with Gasteiger partial charge in [-0.2, -0.15) is 0 Å². The Morgan fingerprint density at radius 1 is 1.00 bits per heavy atom. The molecule has 0 bridgehead atoms. The maximum atomic E-state index is 15.4. The van der Waals surface area contributed by atoms with Crippen molar-refractivity contribution in [3.63, 3.8) is 0 Å². The number of halogens is 1. The molecular weight excluding hydrogens is 878 g/mol. The van der Waals surface area contributed by atoms with Crippen molar-refractivity contribution in [3.8, 4) is 22.8 Å². The third-order valence-electron chi connectivity index (χ3n) is 13.7. The number of methoxy groups -OCH3 is 1. The quantitative estimate of drug-likeness (QED) is 0.101. The average Bonchev–Trinajstić information content (AvgIpc) is 4.22. The number of carbonyl (C=O) groups excluding carboxylic acids is 4. The van der Waals surface area contributed by atoms with Gasteiger partial charge in [-0.3, -0.25) is 28.5 Å². The predicted octanol–water partition coefficient (Wildman–Crippen LogP) is 6.62. The normalized spacial score (nSPS) is 23.4. The molecule has 0 spiro atoms. The Morgan fingerprint density at radius 3 is 2.45 bits per heavy atom. The zero-order valence-corrected chi connectivity index (χ0v) is 38.9. The number of imidazole rings is 1. The summed E-state index contributed by atoms with van der Waals surface area (Å²) in [4.78, 5) is 69.9. The van der Waals surface area contributed by atoms with E-state index in [1.807, 2.05) is 63.2 Å². The molecule has 4 fully saturated rings. The molecule has 6 atom stereocenters. The van der Waals surface area contributed by atoms with Crippen LogP contribution in [0.15, 0.2) is 85.5 Å². The first kappa shape index (κ1) is 45.9. The van der Waals surface area contributed by atoms with Gasteiger partial charge in [-0.1, -0.05) is 63.6 Å². The number of aromatic nitrogens is 3. The van der Waals surface area contributed by atoms with Crippen molar-refractivity contribution in [2.75, 3.05) is 20.2 Å². The fraction of sp³-hybridized carbons (Fsp3) is 0.440. The second-order valence-corrected chi connectivity index (χ2v) is 21.3. The summed E-state index contributed by atoms with van der Waals surface area (Å²) in [6, 6.07) is 19.5. The molecule has 3 N–H and O–H groups in total. The van der Waals surface area contributed by atoms with E-state index in [1.54, 1.807) is 19.2 Å². The molecule has 0 radical (unpaired) electrons. The summed E-state index contributed by atoms with van der Waals surface area (Å²) in [7, 11) is -2.39. The summed E-state index contributed by atoms with van der Waals surface area (Å²) in [5.41, 5.74) is 0.366. The number of rotatable bonds is 14. The number of nitrogens with zero attached hydrogens (tertiary/aromatic N) is 4. The van der Waals surface area contributed by atoms with Crippen molar-refractivity contribution in [1.29, 1.82) is 0 Å². The lowest BCUT2D eigenvalue weighted by molar-refractivity contribution is -0.145. The van der Waals surface area contributed by atoms with Crippen LogP contribution in [0.2, 0.25) is 0 Å². The van der Waals surface area contributed by atoms with Gasteiger partial charge in [0.2, 0.25) is 27.7 Å². The number of piperidine rings is 1. The van der Waals surface area contributed by atoms with Crippen LogP contribution in [0.25, 0.3) is 33.2 Å². The number of benzene rings is 3. The van der Waals surface area contributed by atoms with Crippen molar-refractivity contribution < 1.29 is 41.5 Å². The minimum atomic E-state index is -3.96. The second-order valence-electron chi connectivity index (χ2n) is 19.4. The molecule has 3 amide bonds. The lowest BCUT2D eigenvalue weighted by Crippen LogP contribution is -2.57. The van der Waals surface area contributed by atoms with Crippen LogP contribution in [-0.4, -0.2) is 94.6 Å². The number of hydrogen-bond acceptors (Lipinski definition) is 11. The van der Waals surface area contributed by atoms with Crippen LogP contribution in [-0.2, 0) is 24.4 Å². The Labute approximate surface area is 388 Å². The van der Waals surface area contributed by atoms with E-state index in [9.17, 15) is 27.2 Å². The number of amides is 3. The van der Waals surface area contributed by atoms with Crippen LogP contribution in [0.1, 0.15) is 88.8 Å². The van der Waals surface area contributed by atoms with Gasteiger partial charge in [0.15, 0.2) is 0 Å². The summed E-state index contributed by atoms with van der Waals surface area (Å²) in [5.74, 6) is -2.98. The maximum absolute atomic E-state index is 15.4. The molecule has 2 saturated heterocycles. The Morgan fingerprint density at radius 2 is 1.78 bits per heavy atom. The highest BCUT2D eigenvalue weighted by Gasteiger charge is 2.62. The van der Waals surface area contributed by atoms with Crippen LogP contribution in [0.4, 0.5) is 4.39 Å². The van der Waals surface area contributed by atoms with Gasteiger partial charge >= 0.3 is 0 Å². The van der Waals surface area contributed by atoms with Crippen LogP contribution in [0.5, 0.6) is 11.5 Å². The van der Waals surface area contributed by atoms with E-state index in [0.717, 1.165) is 31.4 Å². The van der Waals surface area contributed by atoms with E-state index < -0.39 is 79.7 Å². The minimum Gasteiger partial charge on any atom is -0.497 e. The van der Waals surface area contributed by atoms with Gasteiger partial charge in [-0.15, -0.1) is 6.58 Å². The highest BCUT2D eigenvalue weighted by Crippen LogP contribution is 2.46. The molecular formula is C50H56FN7O8S. The van der Waals surface area contributed by atoms with Gasteiger partial charge in [0.1, 0.15) is 40.8 Å². The van der Waals surface area contributed by atoms with Crippen molar-refractivity contribution in [2.45, 2.75) is 101 Å². The van der Waals surface area contributed by atoms with E-state index in [4.69, 9.17) is 19.4 Å². The van der Waals surface area contributed by atoms with E-state index in [0.29, 0.717) is 57.8 Å². The molecule has 1 unspecified atom stereocenters. The predicted molar refractivity (Wildman–Crippen MR) is 250 cm³/mol. The molecule has 2 aliphatic heterocycles. The molecule has 2 aromatic heterocycles. The molecule has 17 heteroatoms. The third kappa shape index (κ3) is 9.15. The van der Waals surface area contributed by atoms with Crippen molar-refractivity contribution >= 4 is 55.6 Å². The van der Waals surface area contributed by atoms with E-state index >= 15 is 4.79 Å². The topological polar surface area (TPSA) is 191 Å². The Kier molecular flexibility index (Phi) is 12.2. The molecule has 2 saturated carbocycles. The van der Waals surface area contributed by atoms with Crippen LogP contribution in [0, 0.1) is 23.1 Å². The molecule has 4 heterocycles. The number of ether oxygens (including phenoxy) is 2. The number of pyridine rings is 1. The SMILES string of the molecule is C=C[C@@H]1C[C@]1(NC(=O)[C@@H]1C[C@@H](Oc2cc(-c3ccccc3)nc3cc(OC)ccc23)CN1C(=O)[C@@H](CC(=O)n1c(C2CCCCN2)nc2cc(F)ccc21)C(C)(C)C)C(=O)NS(=O)(=O)C1CC1. The van der Waals surface area contributed by atoms with E-state index in [-0.39, 0.29) is 31.8 Å². The van der Waals surface area contributed by atoms with Gasteiger partial charge in [0.25, 0.3) is 5.91 Å². The van der Waals surface area contributed by atoms with Crippen molar-refractivity contribution in [1.82, 2.24) is 34.8 Å². The number of fused-ring (bicyclic) bond motifs is 2. The highest BCUT2D eigenvalue weighted by atomic mass is 32.2. The van der Waals surface area contributed by atoms with Gasteiger partial charge in [-0.05, 0) is 68.3 Å². The number of likely N-dealkylation sites (tertiary alicyclic amines) is 1. The Bertz CT molecular complexity index is 2890. The third-order valence-corrected chi connectivity index (χ3v) is 15.5. The molecule has 3 aromatic carbocycles. The zero-order valence-electron chi connectivity index (χ0n) is 38.1. The first-order valence-corrected chi connectivity index (χ1v) is 24.5. The number of hydrogen-bond donors (Lipinski definition) is 3. The van der Waals surface area contributed by atoms with Crippen molar-refractivity contribution in [2.24, 2.45) is 17.3 Å². The smallest absolute Gasteiger partial charge is 0.259 e. The standard InChI is InChI=1S/C50H56FN7O8S/c1-6-30-27-50(30,48(62)56-67(63,64)34-17-18-34)55-46(60)42-24-33(66-43-26-38(29-12-8-7-9-13-29)53-39-23-32(65-5)16-19-35(39)43)28-57(42)47(61)36(49(2,3)4)25-44(59)58-41-20-15-31(51)22-40(41)54-45(58)37-14-10-11-21-52-37/h6-9,12-13,15-16,19-20,22-23,26,30,33-34,36-37,42,52H,1,10-11,14,17-18,21,24-25,27-28H2,2-5H3,(H,55,60)(H,56,62)/t30-,33-,36-,37?,42+,50-/m1/s1. The van der Waals surface area contributed by atoms with Crippen LogP contribution in [0.3, 0.4) is 0 Å². The fourth-order valence-electron chi connectivity index (χ4n) is 9.60. The summed E-state index contributed by atoms with van der Waals surface area (Å²) >= 11 is 0. The summed E-state index contributed by atoms with van der Waals surface area (Å²) in [6.45, 7) is 10.1. The molecule has 15 nitrogen and oxygen atoms in total. The second kappa shape index (κ2) is 17.8. The summed E-state index contributed by atoms with van der Waals surface area (Å²) in [6.07, 6.45) is 4.05. The Balaban J connectivity index is 1.07. The lowest BCUT2D eigenvalue weighted by atomic mass is 9.77. The maximum Gasteiger partial charge on any atom is 0.259 e. The van der Waals surface area contributed by atoms with Crippen molar-refractivity contribution in [3.05, 3.63) is 97.1 Å². The number of sulfonamides is 1. The van der Waals surface area contributed by atoms with Crippen LogP contribution >= 0.6 is 0 Å². The molecule has 5 aromatic rings. The van der Waals surface area contributed by atoms with Gasteiger partial charge < -0.3 is 25.0 Å². The molecule has 9 rings (SSSR count). The summed E-state index contributed by atoms with van der Waals surface area (Å²) < 4.78 is 56.5. The minimum absolute atomic E-state index is 0.00489. The monoisotopic (exact) mass is 933 g/mol. The average molecular weight is 934 g/mol. The fourth-order valence-corrected chi connectivity index (χ4v) is 11.0.